The second-order valence-electron chi connectivity index (χ2n) is 5.26. The molecular weight excluding hydrogens is 310 g/mol. The third kappa shape index (κ3) is 2.21. The quantitative estimate of drug-likeness (QED) is 0.382. The molecular formula is C18H13NOS2. The molecule has 0 saturated heterocycles. The second-order valence-corrected chi connectivity index (χ2v) is 7.03. The molecule has 22 heavy (non-hydrogen) atoms. The highest BCUT2D eigenvalue weighted by Gasteiger charge is 2.12. The molecule has 0 radical (unpaired) electrons. The maximum absolute atomic E-state index is 10.0. The number of nitrogens with one attached hydrogen (secondary N) is 1. The summed E-state index contributed by atoms with van der Waals surface area (Å²) in [6.45, 7) is 0. The summed E-state index contributed by atoms with van der Waals surface area (Å²) in [5.74, 6) is 0.187. The fourth-order valence-corrected chi connectivity index (χ4v) is 4.07. The van der Waals surface area contributed by atoms with Gasteiger partial charge in [-0.25, -0.2) is 0 Å². The number of hydrogen-bond donors (Lipinski definition) is 2. The fourth-order valence-electron chi connectivity index (χ4n) is 2.93. The van der Waals surface area contributed by atoms with Gasteiger partial charge in [-0.05, 0) is 45.4 Å². The van der Waals surface area contributed by atoms with Gasteiger partial charge in [0.15, 0.2) is 3.95 Å². The zero-order valence-corrected chi connectivity index (χ0v) is 13.3. The van der Waals surface area contributed by atoms with Crippen molar-refractivity contribution in [2.45, 2.75) is 6.42 Å². The third-order valence-electron chi connectivity index (χ3n) is 3.92. The summed E-state index contributed by atoms with van der Waals surface area (Å²) in [5.41, 5.74) is 1.23. The van der Waals surface area contributed by atoms with Gasteiger partial charge in [0.1, 0.15) is 0 Å². The van der Waals surface area contributed by atoms with E-state index in [2.05, 4.69) is 59.6 Å². The van der Waals surface area contributed by atoms with Gasteiger partial charge in [0, 0.05) is 6.42 Å². The number of aromatic nitrogens is 1. The molecule has 0 saturated carbocycles. The number of hydrogen-bond acceptors (Lipinski definition) is 3. The molecule has 0 spiro atoms. The van der Waals surface area contributed by atoms with E-state index in [1.54, 1.807) is 0 Å². The molecule has 2 nitrogen and oxygen atoms in total. The zero-order valence-electron chi connectivity index (χ0n) is 11.7. The van der Waals surface area contributed by atoms with E-state index in [1.807, 2.05) is 0 Å². The van der Waals surface area contributed by atoms with Crippen LogP contribution in [0.25, 0.3) is 21.5 Å². The molecule has 0 amide bonds. The van der Waals surface area contributed by atoms with Crippen LogP contribution in [0.1, 0.15) is 10.4 Å². The van der Waals surface area contributed by atoms with Crippen LogP contribution >= 0.6 is 23.6 Å². The molecule has 0 aliphatic heterocycles. The minimum atomic E-state index is 0.187. The van der Waals surface area contributed by atoms with Crippen molar-refractivity contribution in [3.05, 3.63) is 69.0 Å². The highest BCUT2D eigenvalue weighted by atomic mass is 32.1. The van der Waals surface area contributed by atoms with E-state index < -0.39 is 0 Å². The lowest BCUT2D eigenvalue weighted by atomic mass is 9.94. The van der Waals surface area contributed by atoms with E-state index in [0.717, 1.165) is 4.88 Å². The van der Waals surface area contributed by atoms with Crippen LogP contribution in [0.15, 0.2) is 54.6 Å². The summed E-state index contributed by atoms with van der Waals surface area (Å²) in [6.07, 6.45) is 0.672. The molecule has 1 heterocycles. The van der Waals surface area contributed by atoms with Crippen LogP contribution in [0.5, 0.6) is 5.88 Å². The SMILES string of the molecule is Oc1[nH]c(=S)sc1Cc1c2ccccc2cc2ccccc12. The number of fused-ring (bicyclic) bond motifs is 2. The number of aromatic amines is 1. The standard InChI is InChI=1S/C18H13NOS2/c20-17-16(22-18(21)19-17)10-15-13-7-3-1-5-11(13)9-12-6-2-4-8-14(12)15/h1-9,20H,10H2,(H,19,21). The van der Waals surface area contributed by atoms with Crippen LogP contribution in [0.4, 0.5) is 0 Å². The lowest BCUT2D eigenvalue weighted by Gasteiger charge is -2.11. The van der Waals surface area contributed by atoms with Gasteiger partial charge in [-0.15, -0.1) is 11.3 Å². The first-order valence-corrected chi connectivity index (χ1v) is 8.25. The topological polar surface area (TPSA) is 36.0 Å². The molecule has 0 fully saturated rings. The summed E-state index contributed by atoms with van der Waals surface area (Å²) in [6, 6.07) is 19.0. The van der Waals surface area contributed by atoms with Gasteiger partial charge in [-0.2, -0.15) is 0 Å². The van der Waals surface area contributed by atoms with E-state index in [-0.39, 0.29) is 5.88 Å². The second kappa shape index (κ2) is 5.23. The lowest BCUT2D eigenvalue weighted by Crippen LogP contribution is -1.91. The highest BCUT2D eigenvalue weighted by molar-refractivity contribution is 7.73. The fraction of sp³-hybridized carbons (Fsp3) is 0.0556. The van der Waals surface area contributed by atoms with E-state index >= 15 is 0 Å². The van der Waals surface area contributed by atoms with Crippen molar-refractivity contribution >= 4 is 45.1 Å². The molecule has 0 atom stereocenters. The van der Waals surface area contributed by atoms with Crippen LogP contribution in [-0.4, -0.2) is 10.1 Å². The van der Waals surface area contributed by atoms with Crippen molar-refractivity contribution in [2.75, 3.05) is 0 Å². The molecule has 4 heteroatoms. The highest BCUT2D eigenvalue weighted by Crippen LogP contribution is 2.33. The number of benzene rings is 3. The smallest absolute Gasteiger partial charge is 0.203 e. The van der Waals surface area contributed by atoms with Gasteiger partial charge in [0.25, 0.3) is 0 Å². The number of aromatic hydroxyl groups is 1. The summed E-state index contributed by atoms with van der Waals surface area (Å²) >= 11 is 6.57. The normalized spacial score (nSPS) is 11.3. The predicted octanol–water partition coefficient (Wildman–Crippen LogP) is 5.41. The molecule has 0 aliphatic carbocycles. The molecule has 108 valence electrons. The molecule has 1 aromatic heterocycles. The van der Waals surface area contributed by atoms with Gasteiger partial charge >= 0.3 is 0 Å². The zero-order chi connectivity index (χ0) is 15.1. The lowest BCUT2D eigenvalue weighted by molar-refractivity contribution is 0.452. The molecule has 4 aromatic rings. The Kier molecular flexibility index (Phi) is 3.21. The van der Waals surface area contributed by atoms with E-state index in [0.29, 0.717) is 10.4 Å². The first-order chi connectivity index (χ1) is 10.7. The largest absolute Gasteiger partial charge is 0.494 e. The van der Waals surface area contributed by atoms with Crippen molar-refractivity contribution in [3.63, 3.8) is 0 Å². The number of thiazole rings is 1. The van der Waals surface area contributed by atoms with Gasteiger partial charge in [-0.1, -0.05) is 48.5 Å². The van der Waals surface area contributed by atoms with Crippen molar-refractivity contribution in [1.29, 1.82) is 0 Å². The first kappa shape index (κ1) is 13.5. The average Bonchev–Trinajstić information content (AvgIpc) is 2.84. The molecule has 0 unspecified atom stereocenters. The summed E-state index contributed by atoms with van der Waals surface area (Å²) in [4.78, 5) is 3.69. The predicted molar refractivity (Wildman–Crippen MR) is 95.4 cm³/mol. The van der Waals surface area contributed by atoms with E-state index in [9.17, 15) is 5.11 Å². The maximum atomic E-state index is 10.0. The van der Waals surface area contributed by atoms with Gasteiger partial charge in [0.2, 0.25) is 5.88 Å². The summed E-state index contributed by atoms with van der Waals surface area (Å²) in [7, 11) is 0. The molecule has 0 bridgehead atoms. The van der Waals surface area contributed by atoms with Crippen molar-refractivity contribution in [2.24, 2.45) is 0 Å². The van der Waals surface area contributed by atoms with E-state index in [1.165, 1.54) is 38.4 Å². The molecule has 4 rings (SSSR count). The summed E-state index contributed by atoms with van der Waals surface area (Å²) < 4.78 is 0.608. The average molecular weight is 323 g/mol. The Morgan fingerprint density at radius 3 is 2.09 bits per heavy atom. The number of H-pyrrole nitrogens is 1. The Hall–Kier alpha value is -2.17. The Bertz CT molecular complexity index is 992. The Morgan fingerprint density at radius 1 is 0.955 bits per heavy atom. The Labute approximate surface area is 136 Å². The Balaban J connectivity index is 2.04. The maximum Gasteiger partial charge on any atom is 0.203 e. The van der Waals surface area contributed by atoms with Crippen LogP contribution in [0, 0.1) is 3.95 Å². The first-order valence-electron chi connectivity index (χ1n) is 7.03. The van der Waals surface area contributed by atoms with Crippen LogP contribution in [-0.2, 0) is 6.42 Å². The van der Waals surface area contributed by atoms with E-state index in [4.69, 9.17) is 12.2 Å². The van der Waals surface area contributed by atoms with Crippen LogP contribution < -0.4 is 0 Å². The monoisotopic (exact) mass is 323 g/mol. The number of rotatable bonds is 2. The third-order valence-corrected chi connectivity index (χ3v) is 5.14. The van der Waals surface area contributed by atoms with Crippen LogP contribution in [0.3, 0.4) is 0 Å². The van der Waals surface area contributed by atoms with Crippen molar-refractivity contribution < 1.29 is 5.11 Å². The molecule has 2 N–H and O–H groups in total. The molecule has 3 aromatic carbocycles. The van der Waals surface area contributed by atoms with Gasteiger partial charge in [0.05, 0.1) is 4.88 Å². The van der Waals surface area contributed by atoms with Crippen molar-refractivity contribution in [1.82, 2.24) is 4.98 Å². The van der Waals surface area contributed by atoms with Gasteiger partial charge in [-0.3, -0.25) is 0 Å². The minimum Gasteiger partial charge on any atom is -0.494 e. The van der Waals surface area contributed by atoms with Crippen molar-refractivity contribution in [3.8, 4) is 5.88 Å². The minimum absolute atomic E-state index is 0.187. The van der Waals surface area contributed by atoms with Crippen LogP contribution in [0.2, 0.25) is 0 Å². The summed E-state index contributed by atoms with van der Waals surface area (Å²) in [5, 5.41) is 14.9. The van der Waals surface area contributed by atoms with Gasteiger partial charge < -0.3 is 10.1 Å². The molecule has 0 aliphatic rings. The Morgan fingerprint density at radius 2 is 1.55 bits per heavy atom.